The van der Waals surface area contributed by atoms with Gasteiger partial charge in [0.25, 0.3) is 0 Å². The lowest BCUT2D eigenvalue weighted by Crippen LogP contribution is -2.56. The standard InChI is InChI=1S/C20H24N4O3/c1-27-18-8-3-2-6-15(18)14-24-11-10-22-20(26)17(24)12-19(25)23-13-16-7-4-5-9-21-16/h2-9,17H,10-14H2,1H3,(H,22,26)(H,23,25). The van der Waals surface area contributed by atoms with Crippen molar-refractivity contribution in [1.29, 1.82) is 0 Å². The minimum atomic E-state index is -0.507. The lowest BCUT2D eigenvalue weighted by molar-refractivity contribution is -0.134. The number of aromatic nitrogens is 1. The van der Waals surface area contributed by atoms with Crippen LogP contribution in [0.4, 0.5) is 0 Å². The number of amides is 2. The zero-order valence-electron chi connectivity index (χ0n) is 15.4. The molecular formula is C20H24N4O3. The number of hydrogen-bond donors (Lipinski definition) is 2. The number of methoxy groups -OCH3 is 1. The first kappa shape index (κ1) is 18.8. The number of ether oxygens (including phenoxy) is 1. The zero-order valence-corrected chi connectivity index (χ0v) is 15.4. The molecule has 1 unspecified atom stereocenters. The fourth-order valence-corrected chi connectivity index (χ4v) is 3.17. The van der Waals surface area contributed by atoms with Crippen LogP contribution in [0.3, 0.4) is 0 Å². The normalized spacial score (nSPS) is 17.2. The first-order chi connectivity index (χ1) is 13.2. The molecule has 2 N–H and O–H groups in total. The molecule has 0 aliphatic carbocycles. The Morgan fingerprint density at radius 3 is 2.89 bits per heavy atom. The van der Waals surface area contributed by atoms with E-state index in [-0.39, 0.29) is 18.2 Å². The molecule has 2 heterocycles. The predicted molar refractivity (Wildman–Crippen MR) is 101 cm³/mol. The first-order valence-corrected chi connectivity index (χ1v) is 8.97. The van der Waals surface area contributed by atoms with Gasteiger partial charge in [0.1, 0.15) is 5.75 Å². The molecule has 1 aromatic heterocycles. The number of hydrogen-bond acceptors (Lipinski definition) is 5. The highest BCUT2D eigenvalue weighted by Crippen LogP contribution is 2.21. The van der Waals surface area contributed by atoms with Crippen molar-refractivity contribution in [3.63, 3.8) is 0 Å². The summed E-state index contributed by atoms with van der Waals surface area (Å²) in [5, 5.41) is 5.69. The Kier molecular flexibility index (Phi) is 6.38. The van der Waals surface area contributed by atoms with Gasteiger partial charge in [0.2, 0.25) is 11.8 Å². The first-order valence-electron chi connectivity index (χ1n) is 8.97. The van der Waals surface area contributed by atoms with E-state index < -0.39 is 6.04 Å². The van der Waals surface area contributed by atoms with Crippen LogP contribution in [-0.2, 0) is 22.7 Å². The molecule has 1 aliphatic heterocycles. The van der Waals surface area contributed by atoms with E-state index in [1.165, 1.54) is 0 Å². The highest BCUT2D eigenvalue weighted by Gasteiger charge is 2.31. The maximum Gasteiger partial charge on any atom is 0.237 e. The van der Waals surface area contributed by atoms with Crippen molar-refractivity contribution in [2.75, 3.05) is 20.2 Å². The van der Waals surface area contributed by atoms with Gasteiger partial charge in [-0.3, -0.25) is 19.5 Å². The molecule has 0 spiro atoms. The topological polar surface area (TPSA) is 83.6 Å². The van der Waals surface area contributed by atoms with Crippen molar-refractivity contribution in [3.8, 4) is 5.75 Å². The average Bonchev–Trinajstić information content (AvgIpc) is 2.70. The highest BCUT2D eigenvalue weighted by atomic mass is 16.5. The zero-order chi connectivity index (χ0) is 19.1. The lowest BCUT2D eigenvalue weighted by atomic mass is 10.1. The van der Waals surface area contributed by atoms with Gasteiger partial charge in [-0.2, -0.15) is 0 Å². The Morgan fingerprint density at radius 1 is 1.30 bits per heavy atom. The third-order valence-electron chi connectivity index (χ3n) is 4.58. The van der Waals surface area contributed by atoms with Crippen LogP contribution < -0.4 is 15.4 Å². The molecule has 1 saturated heterocycles. The number of benzene rings is 1. The summed E-state index contributed by atoms with van der Waals surface area (Å²) in [7, 11) is 1.63. The van der Waals surface area contributed by atoms with Gasteiger partial charge in [0.15, 0.2) is 0 Å². The van der Waals surface area contributed by atoms with Crippen molar-refractivity contribution in [2.24, 2.45) is 0 Å². The fraction of sp³-hybridized carbons (Fsp3) is 0.350. The van der Waals surface area contributed by atoms with Gasteiger partial charge in [-0.15, -0.1) is 0 Å². The SMILES string of the molecule is COc1ccccc1CN1CCNC(=O)C1CC(=O)NCc1ccccn1. The number of pyridine rings is 1. The molecular weight excluding hydrogens is 344 g/mol. The van der Waals surface area contributed by atoms with Gasteiger partial charge >= 0.3 is 0 Å². The molecule has 2 amide bonds. The van der Waals surface area contributed by atoms with Gasteiger partial charge in [-0.05, 0) is 18.2 Å². The van der Waals surface area contributed by atoms with Crippen LogP contribution in [0.25, 0.3) is 0 Å². The maximum absolute atomic E-state index is 12.4. The van der Waals surface area contributed by atoms with Crippen molar-refractivity contribution < 1.29 is 14.3 Å². The molecule has 27 heavy (non-hydrogen) atoms. The van der Waals surface area contributed by atoms with Crippen LogP contribution in [0, 0.1) is 0 Å². The van der Waals surface area contributed by atoms with Gasteiger partial charge in [0.05, 0.1) is 31.8 Å². The molecule has 1 atom stereocenters. The molecule has 0 radical (unpaired) electrons. The molecule has 2 aromatic rings. The summed E-state index contributed by atoms with van der Waals surface area (Å²) < 4.78 is 5.40. The van der Waals surface area contributed by atoms with Crippen LogP contribution in [0.2, 0.25) is 0 Å². The second kappa shape index (κ2) is 9.14. The number of piperazine rings is 1. The number of carbonyl (C=O) groups is 2. The quantitative estimate of drug-likeness (QED) is 0.765. The van der Waals surface area contributed by atoms with E-state index in [1.54, 1.807) is 13.3 Å². The van der Waals surface area contributed by atoms with Crippen LogP contribution in [0.15, 0.2) is 48.7 Å². The smallest absolute Gasteiger partial charge is 0.237 e. The summed E-state index contributed by atoms with van der Waals surface area (Å²) in [5.41, 5.74) is 1.78. The van der Waals surface area contributed by atoms with Crippen molar-refractivity contribution >= 4 is 11.8 Å². The Hall–Kier alpha value is -2.93. The summed E-state index contributed by atoms with van der Waals surface area (Å²) >= 11 is 0. The summed E-state index contributed by atoms with van der Waals surface area (Å²) in [5.74, 6) is 0.485. The van der Waals surface area contributed by atoms with Crippen LogP contribution >= 0.6 is 0 Å². The van der Waals surface area contributed by atoms with E-state index in [0.29, 0.717) is 26.2 Å². The molecule has 7 nitrogen and oxygen atoms in total. The monoisotopic (exact) mass is 368 g/mol. The minimum absolute atomic E-state index is 0.105. The van der Waals surface area contributed by atoms with E-state index in [2.05, 4.69) is 15.6 Å². The van der Waals surface area contributed by atoms with Gasteiger partial charge in [0, 0.05) is 31.4 Å². The molecule has 142 valence electrons. The molecule has 1 fully saturated rings. The van der Waals surface area contributed by atoms with Gasteiger partial charge in [-0.1, -0.05) is 24.3 Å². The van der Waals surface area contributed by atoms with Crippen LogP contribution in [0.1, 0.15) is 17.7 Å². The number of para-hydroxylation sites is 1. The average molecular weight is 368 g/mol. The summed E-state index contributed by atoms with van der Waals surface area (Å²) in [6.07, 6.45) is 1.79. The second-order valence-electron chi connectivity index (χ2n) is 6.39. The number of rotatable bonds is 7. The molecule has 1 aliphatic rings. The van der Waals surface area contributed by atoms with E-state index in [9.17, 15) is 9.59 Å². The second-order valence-corrected chi connectivity index (χ2v) is 6.39. The number of nitrogens with zero attached hydrogens (tertiary/aromatic N) is 2. The molecule has 0 bridgehead atoms. The highest BCUT2D eigenvalue weighted by molar-refractivity contribution is 5.88. The van der Waals surface area contributed by atoms with Crippen molar-refractivity contribution in [2.45, 2.75) is 25.6 Å². The van der Waals surface area contributed by atoms with Gasteiger partial charge < -0.3 is 15.4 Å². The van der Waals surface area contributed by atoms with Gasteiger partial charge in [-0.25, -0.2) is 0 Å². The van der Waals surface area contributed by atoms with E-state index >= 15 is 0 Å². The third-order valence-corrected chi connectivity index (χ3v) is 4.58. The third kappa shape index (κ3) is 5.04. The van der Waals surface area contributed by atoms with Crippen molar-refractivity contribution in [3.05, 3.63) is 59.9 Å². The molecule has 1 aromatic carbocycles. The largest absolute Gasteiger partial charge is 0.496 e. The Bertz CT molecular complexity index is 782. The van der Waals surface area contributed by atoms with Crippen molar-refractivity contribution in [1.82, 2.24) is 20.5 Å². The minimum Gasteiger partial charge on any atom is -0.496 e. The van der Waals surface area contributed by atoms with E-state index in [1.807, 2.05) is 47.4 Å². The Balaban J connectivity index is 1.63. The summed E-state index contributed by atoms with van der Waals surface area (Å²) in [4.78, 5) is 31.0. The molecule has 7 heteroatoms. The summed E-state index contributed by atoms with van der Waals surface area (Å²) in [6, 6.07) is 12.8. The predicted octanol–water partition coefficient (Wildman–Crippen LogP) is 1.10. The Labute approximate surface area is 158 Å². The lowest BCUT2D eigenvalue weighted by Gasteiger charge is -2.35. The molecule has 3 rings (SSSR count). The van der Waals surface area contributed by atoms with Crippen LogP contribution in [-0.4, -0.2) is 47.9 Å². The fourth-order valence-electron chi connectivity index (χ4n) is 3.17. The molecule has 0 saturated carbocycles. The summed E-state index contributed by atoms with van der Waals surface area (Å²) in [6.45, 7) is 2.15. The maximum atomic E-state index is 12.4. The Morgan fingerprint density at radius 2 is 2.11 bits per heavy atom. The van der Waals surface area contributed by atoms with E-state index in [0.717, 1.165) is 17.0 Å². The number of carbonyl (C=O) groups excluding carboxylic acids is 2. The van der Waals surface area contributed by atoms with E-state index in [4.69, 9.17) is 4.74 Å². The number of nitrogens with one attached hydrogen (secondary N) is 2. The van der Waals surface area contributed by atoms with Crippen LogP contribution in [0.5, 0.6) is 5.75 Å².